The summed E-state index contributed by atoms with van der Waals surface area (Å²) >= 11 is 11.2. The molecule has 0 aliphatic rings. The lowest BCUT2D eigenvalue weighted by Gasteiger charge is -2.04. The highest BCUT2D eigenvalue weighted by Crippen LogP contribution is 2.48. The first-order valence-electron chi connectivity index (χ1n) is 19.5. The Hall–Kier alpha value is -2.12. The monoisotopic (exact) mass is 902 g/mol. The van der Waals surface area contributed by atoms with Gasteiger partial charge in [0, 0.05) is 99.8 Å². The Morgan fingerprint density at radius 1 is 0.310 bits per heavy atom. The number of rotatable bonds is 29. The van der Waals surface area contributed by atoms with Crippen molar-refractivity contribution in [3.05, 3.63) is 81.5 Å². The van der Waals surface area contributed by atoms with E-state index in [-0.39, 0.29) is 0 Å². The lowest BCUT2D eigenvalue weighted by molar-refractivity contribution is 0.0723. The lowest BCUT2D eigenvalue weighted by atomic mass is 10.1. The fraction of sp³-hybridized carbons (Fsp3) is 0.455. The molecule has 0 bridgehead atoms. The van der Waals surface area contributed by atoms with E-state index in [0.717, 1.165) is 25.7 Å². The van der Waals surface area contributed by atoms with Crippen molar-refractivity contribution in [1.29, 1.82) is 0 Å². The summed E-state index contributed by atoms with van der Waals surface area (Å²) < 4.78 is 43.9. The predicted molar refractivity (Wildman–Crippen MR) is 246 cm³/mol. The molecule has 0 aromatic carbocycles. The number of hydrogen-bond acceptors (Lipinski definition) is 14. The van der Waals surface area contributed by atoms with Crippen molar-refractivity contribution in [2.24, 2.45) is 0 Å². The lowest BCUT2D eigenvalue weighted by Crippen LogP contribution is -2.04. The van der Waals surface area contributed by atoms with Gasteiger partial charge in [-0.05, 0) is 84.6 Å². The van der Waals surface area contributed by atoms with Gasteiger partial charge in [-0.1, -0.05) is 0 Å². The van der Waals surface area contributed by atoms with Crippen LogP contribution in [0.3, 0.4) is 0 Å². The Morgan fingerprint density at radius 2 is 0.638 bits per heavy atom. The molecule has 0 aliphatic heterocycles. The second kappa shape index (κ2) is 25.0. The molecule has 58 heavy (non-hydrogen) atoms. The highest BCUT2D eigenvalue weighted by Gasteiger charge is 2.19. The van der Waals surface area contributed by atoms with E-state index in [0.29, 0.717) is 79.3 Å². The first kappa shape index (κ1) is 45.4. The molecule has 0 aliphatic carbocycles. The van der Waals surface area contributed by atoms with Gasteiger partial charge in [0.2, 0.25) is 0 Å². The zero-order chi connectivity index (χ0) is 40.4. The van der Waals surface area contributed by atoms with Crippen molar-refractivity contribution in [3.63, 3.8) is 0 Å². The summed E-state index contributed by atoms with van der Waals surface area (Å²) in [5.74, 6) is 0. The van der Waals surface area contributed by atoms with Crippen molar-refractivity contribution in [1.82, 2.24) is 0 Å². The van der Waals surface area contributed by atoms with Crippen molar-refractivity contribution in [2.45, 2.75) is 25.7 Å². The van der Waals surface area contributed by atoms with Crippen LogP contribution in [0.4, 0.5) is 0 Å². The summed E-state index contributed by atoms with van der Waals surface area (Å²) in [6, 6.07) is 22.9. The van der Waals surface area contributed by atoms with E-state index in [2.05, 4.69) is 60.7 Å². The number of ether oxygens (including phenoxy) is 8. The number of hydrogen-bond donors (Lipinski definition) is 0. The van der Waals surface area contributed by atoms with Gasteiger partial charge in [0.15, 0.2) is 0 Å². The fourth-order valence-electron chi connectivity index (χ4n) is 6.05. The minimum Gasteiger partial charge on any atom is -0.382 e. The molecule has 0 unspecified atom stereocenters. The van der Waals surface area contributed by atoms with E-state index in [1.54, 1.807) is 28.4 Å². The first-order valence-corrected chi connectivity index (χ1v) is 24.4. The number of methoxy groups -OCH3 is 4. The van der Waals surface area contributed by atoms with Gasteiger partial charge in [0.25, 0.3) is 0 Å². The van der Waals surface area contributed by atoms with Crippen LogP contribution in [0.25, 0.3) is 48.8 Å². The molecular formula is C44H54O8S6. The maximum Gasteiger partial charge on any atom is 0.0700 e. The summed E-state index contributed by atoms with van der Waals surface area (Å²) in [6.45, 7) is 7.62. The SMILES string of the molecule is COCCOCCc1ccc(-c2sc(-c3ccc(-c4ccc(-c5cc(CCOCCOC)c(-c6ccc(CCOCCOC)s6)s5)s4)s3)cc2CCOCCOC)s1. The second-order valence-electron chi connectivity index (χ2n) is 13.2. The van der Waals surface area contributed by atoms with Crippen molar-refractivity contribution in [2.75, 3.05) is 108 Å². The first-order chi connectivity index (χ1) is 28.6. The van der Waals surface area contributed by atoms with Gasteiger partial charge >= 0.3 is 0 Å². The third-order valence-corrected chi connectivity index (χ3v) is 16.8. The minimum atomic E-state index is 0.602. The highest BCUT2D eigenvalue weighted by atomic mass is 32.1. The Morgan fingerprint density at radius 3 is 1.00 bits per heavy atom. The van der Waals surface area contributed by atoms with Gasteiger partial charge in [-0.2, -0.15) is 0 Å². The van der Waals surface area contributed by atoms with Crippen LogP contribution >= 0.6 is 68.0 Å². The van der Waals surface area contributed by atoms with Crippen LogP contribution < -0.4 is 0 Å². The molecule has 6 aromatic heterocycles. The van der Waals surface area contributed by atoms with E-state index in [9.17, 15) is 0 Å². The Bertz CT molecular complexity index is 1910. The van der Waals surface area contributed by atoms with Crippen LogP contribution in [-0.2, 0) is 63.6 Å². The van der Waals surface area contributed by atoms with E-state index in [1.165, 1.54) is 69.7 Å². The molecule has 0 N–H and O–H groups in total. The van der Waals surface area contributed by atoms with Crippen LogP contribution in [0.5, 0.6) is 0 Å². The molecule has 0 saturated heterocycles. The standard InChI is InChI=1S/C44H54O8S6/c1-45-21-25-49-17-13-31-29-41(57-43(31)39-7-5-33(53-39)15-19-51-27-23-47-3)37-11-9-35(55-37)36-10-12-38(56-36)42-30-32(14-18-50-26-22-46-2)44(58-42)40-8-6-34(54-40)16-20-52-28-24-48-4/h5-12,29-30H,13-28H2,1-4H3. The summed E-state index contributed by atoms with van der Waals surface area (Å²) in [7, 11) is 6.82. The zero-order valence-electron chi connectivity index (χ0n) is 33.8. The van der Waals surface area contributed by atoms with Gasteiger partial charge in [-0.3, -0.25) is 0 Å². The summed E-state index contributed by atoms with van der Waals surface area (Å²) in [4.78, 5) is 15.7. The molecule has 0 amide bonds. The summed E-state index contributed by atoms with van der Waals surface area (Å²) in [6.07, 6.45) is 3.51. The molecule has 6 rings (SSSR count). The van der Waals surface area contributed by atoms with Crippen LogP contribution in [0.1, 0.15) is 20.9 Å². The fourth-order valence-corrected chi connectivity index (χ4v) is 13.0. The molecule has 0 saturated carbocycles. The molecule has 0 fully saturated rings. The van der Waals surface area contributed by atoms with Gasteiger partial charge in [0.1, 0.15) is 0 Å². The van der Waals surface area contributed by atoms with Crippen LogP contribution in [0.15, 0.2) is 60.7 Å². The average Bonchev–Trinajstić information content (AvgIpc) is 4.09. The highest BCUT2D eigenvalue weighted by molar-refractivity contribution is 7.30. The molecule has 0 atom stereocenters. The molecule has 6 heterocycles. The van der Waals surface area contributed by atoms with Crippen LogP contribution in [0, 0.1) is 0 Å². The summed E-state index contributed by atoms with van der Waals surface area (Å²) in [5.41, 5.74) is 2.66. The molecule has 0 spiro atoms. The number of thiophene rings is 6. The third kappa shape index (κ3) is 13.4. The van der Waals surface area contributed by atoms with Gasteiger partial charge in [-0.15, -0.1) is 68.0 Å². The van der Waals surface area contributed by atoms with E-state index in [1.807, 2.05) is 68.0 Å². The molecule has 6 aromatic rings. The normalized spacial score (nSPS) is 11.7. The maximum absolute atomic E-state index is 5.91. The largest absolute Gasteiger partial charge is 0.382 e. The zero-order valence-corrected chi connectivity index (χ0v) is 38.7. The van der Waals surface area contributed by atoms with E-state index in [4.69, 9.17) is 37.9 Å². The van der Waals surface area contributed by atoms with E-state index >= 15 is 0 Å². The van der Waals surface area contributed by atoms with Crippen LogP contribution in [0.2, 0.25) is 0 Å². The maximum atomic E-state index is 5.91. The van der Waals surface area contributed by atoms with Gasteiger partial charge < -0.3 is 37.9 Å². The molecule has 0 radical (unpaired) electrons. The van der Waals surface area contributed by atoms with Gasteiger partial charge in [-0.25, -0.2) is 0 Å². The summed E-state index contributed by atoms with van der Waals surface area (Å²) in [5, 5.41) is 0. The smallest absolute Gasteiger partial charge is 0.0700 e. The Kier molecular flexibility index (Phi) is 19.5. The Labute approximate surface area is 367 Å². The van der Waals surface area contributed by atoms with Crippen molar-refractivity contribution in [3.8, 4) is 48.8 Å². The third-order valence-electron chi connectivity index (χ3n) is 9.07. The van der Waals surface area contributed by atoms with Gasteiger partial charge in [0.05, 0.1) is 79.3 Å². The topological polar surface area (TPSA) is 73.8 Å². The average molecular weight is 903 g/mol. The quantitative estimate of drug-likeness (QED) is 0.0431. The molecular weight excluding hydrogens is 849 g/mol. The van der Waals surface area contributed by atoms with E-state index < -0.39 is 0 Å². The van der Waals surface area contributed by atoms with Crippen LogP contribution in [-0.4, -0.2) is 108 Å². The minimum absolute atomic E-state index is 0.602. The van der Waals surface area contributed by atoms with Crippen molar-refractivity contribution < 1.29 is 37.9 Å². The Balaban J connectivity index is 1.18. The predicted octanol–water partition coefficient (Wildman–Crippen LogP) is 11.2. The second-order valence-corrected chi connectivity index (χ2v) is 19.8. The van der Waals surface area contributed by atoms with Crippen molar-refractivity contribution >= 4 is 68.0 Å². The molecule has 314 valence electrons. The molecule has 8 nitrogen and oxygen atoms in total. The molecule has 14 heteroatoms.